The molecule has 1 fully saturated rings. The highest BCUT2D eigenvalue weighted by atomic mass is 35.5. The van der Waals surface area contributed by atoms with Crippen LogP contribution in [-0.2, 0) is 9.59 Å². The van der Waals surface area contributed by atoms with E-state index in [-0.39, 0.29) is 11.3 Å². The minimum Gasteiger partial charge on any atom is -0.507 e. The van der Waals surface area contributed by atoms with Crippen LogP contribution >= 0.6 is 22.9 Å². The summed E-state index contributed by atoms with van der Waals surface area (Å²) in [5.74, 6) is -0.747. The SMILES string of the molecule is CCOc1ccc2nc(N3C(=O)C(=O)/C(=C(/O)c4ccc(Cl)cc4)C3c3ccccc3OC)sc2c1. The minimum atomic E-state index is -0.955. The van der Waals surface area contributed by atoms with E-state index < -0.39 is 17.7 Å². The number of fused-ring (bicyclic) bond motifs is 1. The van der Waals surface area contributed by atoms with Crippen LogP contribution in [0.3, 0.4) is 0 Å². The van der Waals surface area contributed by atoms with Crippen LogP contribution in [0.25, 0.3) is 16.0 Å². The zero-order valence-corrected chi connectivity index (χ0v) is 21.0. The fraction of sp³-hybridized carbons (Fsp3) is 0.148. The molecular formula is C27H21ClN2O5S. The van der Waals surface area contributed by atoms with Crippen molar-refractivity contribution >= 4 is 55.7 Å². The number of para-hydroxylation sites is 1. The van der Waals surface area contributed by atoms with Crippen molar-refractivity contribution in [2.75, 3.05) is 18.6 Å². The van der Waals surface area contributed by atoms with Gasteiger partial charge in [0.25, 0.3) is 5.78 Å². The maximum absolute atomic E-state index is 13.4. The number of benzene rings is 3. The van der Waals surface area contributed by atoms with Gasteiger partial charge < -0.3 is 14.6 Å². The van der Waals surface area contributed by atoms with Crippen LogP contribution in [0.4, 0.5) is 5.13 Å². The quantitative estimate of drug-likeness (QED) is 0.191. The van der Waals surface area contributed by atoms with Gasteiger partial charge >= 0.3 is 5.91 Å². The number of anilines is 1. The third kappa shape index (κ3) is 4.08. The Bertz CT molecular complexity index is 1510. The molecule has 1 atom stereocenters. The van der Waals surface area contributed by atoms with Crippen molar-refractivity contribution in [2.45, 2.75) is 13.0 Å². The molecule has 0 bridgehead atoms. The number of ketones is 1. The first-order valence-corrected chi connectivity index (χ1v) is 12.4. The number of methoxy groups -OCH3 is 1. The highest BCUT2D eigenvalue weighted by Gasteiger charge is 2.49. The van der Waals surface area contributed by atoms with Crippen LogP contribution in [0.15, 0.2) is 72.3 Å². The van der Waals surface area contributed by atoms with Gasteiger partial charge in [-0.1, -0.05) is 41.1 Å². The van der Waals surface area contributed by atoms with Gasteiger partial charge in [-0.25, -0.2) is 4.98 Å². The molecule has 1 N–H and O–H groups in total. The summed E-state index contributed by atoms with van der Waals surface area (Å²) in [6.45, 7) is 2.42. The number of nitrogens with zero attached hydrogens (tertiary/aromatic N) is 2. The Morgan fingerprint density at radius 3 is 2.58 bits per heavy atom. The summed E-state index contributed by atoms with van der Waals surface area (Å²) in [6.07, 6.45) is 0. The number of amides is 1. The Labute approximate surface area is 216 Å². The Morgan fingerprint density at radius 1 is 1.11 bits per heavy atom. The number of hydrogen-bond acceptors (Lipinski definition) is 7. The highest BCUT2D eigenvalue weighted by Crippen LogP contribution is 2.46. The van der Waals surface area contributed by atoms with Gasteiger partial charge in [0.15, 0.2) is 5.13 Å². The first-order valence-electron chi connectivity index (χ1n) is 11.2. The first-order chi connectivity index (χ1) is 17.4. The van der Waals surface area contributed by atoms with Gasteiger partial charge in [-0.15, -0.1) is 0 Å². The monoisotopic (exact) mass is 520 g/mol. The molecule has 9 heteroatoms. The molecule has 0 aliphatic carbocycles. The van der Waals surface area contributed by atoms with Crippen molar-refractivity contribution in [1.82, 2.24) is 4.98 Å². The highest BCUT2D eigenvalue weighted by molar-refractivity contribution is 7.22. The molecule has 1 saturated heterocycles. The van der Waals surface area contributed by atoms with Gasteiger partial charge in [0.1, 0.15) is 23.3 Å². The summed E-state index contributed by atoms with van der Waals surface area (Å²) in [4.78, 5) is 32.8. The Morgan fingerprint density at radius 2 is 1.86 bits per heavy atom. The molecule has 7 nitrogen and oxygen atoms in total. The predicted molar refractivity (Wildman–Crippen MR) is 140 cm³/mol. The van der Waals surface area contributed by atoms with Gasteiger partial charge in [0.2, 0.25) is 0 Å². The van der Waals surface area contributed by atoms with E-state index in [1.807, 2.05) is 25.1 Å². The molecule has 0 spiro atoms. The van der Waals surface area contributed by atoms with Crippen LogP contribution in [0.5, 0.6) is 11.5 Å². The Kier molecular flexibility index (Phi) is 6.38. The van der Waals surface area contributed by atoms with Crippen LogP contribution in [0, 0.1) is 0 Å². The Balaban J connectivity index is 1.72. The van der Waals surface area contributed by atoms with E-state index in [0.29, 0.717) is 44.9 Å². The second kappa shape index (κ2) is 9.64. The number of aliphatic hydroxyl groups excluding tert-OH is 1. The molecule has 1 aromatic heterocycles. The standard InChI is InChI=1S/C27H21ClN2O5S/c1-3-35-17-12-13-19-21(14-17)36-27(29-19)30-23(18-6-4-5-7-20(18)34-2)22(25(32)26(30)33)24(31)15-8-10-16(28)11-9-15/h4-14,23,31H,3H2,1-2H3/b24-22+. The van der Waals surface area contributed by atoms with Crippen molar-refractivity contribution < 1.29 is 24.2 Å². The first kappa shape index (κ1) is 23.8. The predicted octanol–water partition coefficient (Wildman–Crippen LogP) is 5.98. The third-order valence-electron chi connectivity index (χ3n) is 5.86. The molecular weight excluding hydrogens is 500 g/mol. The molecule has 182 valence electrons. The lowest BCUT2D eigenvalue weighted by atomic mass is 9.95. The summed E-state index contributed by atoms with van der Waals surface area (Å²) < 4.78 is 12.0. The van der Waals surface area contributed by atoms with Crippen molar-refractivity contribution in [2.24, 2.45) is 0 Å². The molecule has 0 saturated carbocycles. The number of carbonyl (C=O) groups is 2. The summed E-state index contributed by atoms with van der Waals surface area (Å²) in [5, 5.41) is 12.1. The number of halogens is 1. The second-order valence-electron chi connectivity index (χ2n) is 7.98. The number of hydrogen-bond donors (Lipinski definition) is 1. The van der Waals surface area contributed by atoms with E-state index in [1.54, 1.807) is 48.5 Å². The van der Waals surface area contributed by atoms with Gasteiger partial charge in [-0.05, 0) is 55.5 Å². The second-order valence-corrected chi connectivity index (χ2v) is 9.42. The summed E-state index contributed by atoms with van der Waals surface area (Å²) in [6, 6.07) is 18.0. The molecule has 3 aromatic carbocycles. The number of aromatic nitrogens is 1. The molecule has 1 unspecified atom stereocenters. The van der Waals surface area contributed by atoms with E-state index >= 15 is 0 Å². The van der Waals surface area contributed by atoms with Crippen molar-refractivity contribution in [3.63, 3.8) is 0 Å². The molecule has 2 heterocycles. The molecule has 36 heavy (non-hydrogen) atoms. The molecule has 1 amide bonds. The van der Waals surface area contributed by atoms with Crippen molar-refractivity contribution in [3.05, 3.63) is 88.5 Å². The molecule has 1 aliphatic heterocycles. The fourth-order valence-electron chi connectivity index (χ4n) is 4.23. The minimum absolute atomic E-state index is 0.0546. The van der Waals surface area contributed by atoms with Gasteiger partial charge in [0, 0.05) is 16.1 Å². The van der Waals surface area contributed by atoms with Crippen molar-refractivity contribution in [1.29, 1.82) is 0 Å². The maximum Gasteiger partial charge on any atom is 0.301 e. The average molecular weight is 521 g/mol. The van der Waals surface area contributed by atoms with Gasteiger partial charge in [-0.3, -0.25) is 14.5 Å². The van der Waals surface area contributed by atoms with Crippen molar-refractivity contribution in [3.8, 4) is 11.5 Å². The van der Waals surface area contributed by atoms with E-state index in [2.05, 4.69) is 4.98 Å². The summed E-state index contributed by atoms with van der Waals surface area (Å²) in [5.41, 5.74) is 1.52. The lowest BCUT2D eigenvalue weighted by Crippen LogP contribution is -2.29. The number of aliphatic hydroxyl groups is 1. The number of thiazole rings is 1. The van der Waals surface area contributed by atoms with E-state index in [0.717, 1.165) is 4.70 Å². The molecule has 0 radical (unpaired) electrons. The lowest BCUT2D eigenvalue weighted by molar-refractivity contribution is -0.132. The summed E-state index contributed by atoms with van der Waals surface area (Å²) >= 11 is 7.27. The van der Waals surface area contributed by atoms with E-state index in [1.165, 1.54) is 23.3 Å². The van der Waals surface area contributed by atoms with Gasteiger partial charge in [-0.2, -0.15) is 0 Å². The smallest absolute Gasteiger partial charge is 0.301 e. The topological polar surface area (TPSA) is 89.0 Å². The number of carbonyl (C=O) groups excluding carboxylic acids is 2. The molecule has 1 aliphatic rings. The zero-order chi connectivity index (χ0) is 25.4. The van der Waals surface area contributed by atoms with Crippen LogP contribution < -0.4 is 14.4 Å². The maximum atomic E-state index is 13.4. The third-order valence-corrected chi connectivity index (χ3v) is 7.13. The number of Topliss-reactive ketones (excluding diaryl/α,β-unsaturated/α-hetero) is 1. The number of ether oxygens (including phenoxy) is 2. The largest absolute Gasteiger partial charge is 0.507 e. The Hall–Kier alpha value is -3.88. The van der Waals surface area contributed by atoms with Crippen LogP contribution in [-0.4, -0.2) is 35.5 Å². The summed E-state index contributed by atoms with van der Waals surface area (Å²) in [7, 11) is 1.51. The van der Waals surface area contributed by atoms with Crippen LogP contribution in [0.1, 0.15) is 24.1 Å². The zero-order valence-electron chi connectivity index (χ0n) is 19.4. The molecule has 5 rings (SSSR count). The fourth-order valence-corrected chi connectivity index (χ4v) is 5.38. The van der Waals surface area contributed by atoms with E-state index in [9.17, 15) is 14.7 Å². The van der Waals surface area contributed by atoms with Gasteiger partial charge in [0.05, 0.1) is 29.5 Å². The molecule has 4 aromatic rings. The normalized spacial score (nSPS) is 17.1. The van der Waals surface area contributed by atoms with Crippen LogP contribution in [0.2, 0.25) is 5.02 Å². The van der Waals surface area contributed by atoms with E-state index in [4.69, 9.17) is 21.1 Å². The average Bonchev–Trinajstić information content (AvgIpc) is 3.42. The number of rotatable bonds is 6. The lowest BCUT2D eigenvalue weighted by Gasteiger charge is -2.24.